The summed E-state index contributed by atoms with van der Waals surface area (Å²) >= 11 is 5.94. The second-order valence-electron chi connectivity index (χ2n) is 8.46. The van der Waals surface area contributed by atoms with E-state index in [1.165, 1.54) is 24.3 Å². The van der Waals surface area contributed by atoms with Crippen molar-refractivity contribution in [2.75, 3.05) is 31.1 Å². The van der Waals surface area contributed by atoms with E-state index in [0.29, 0.717) is 26.2 Å². The van der Waals surface area contributed by atoms with Gasteiger partial charge in [0.2, 0.25) is 5.91 Å². The summed E-state index contributed by atoms with van der Waals surface area (Å²) in [5.41, 5.74) is -0.251. The molecule has 0 spiro atoms. The van der Waals surface area contributed by atoms with Crippen molar-refractivity contribution >= 4 is 23.2 Å². The van der Waals surface area contributed by atoms with Gasteiger partial charge in [-0.1, -0.05) is 23.7 Å². The maximum Gasteiger partial charge on any atom is 0.418 e. The van der Waals surface area contributed by atoms with Crippen molar-refractivity contribution in [1.29, 1.82) is 0 Å². The highest BCUT2D eigenvalue weighted by Crippen LogP contribution is 2.86. The van der Waals surface area contributed by atoms with Crippen LogP contribution >= 0.6 is 11.6 Å². The van der Waals surface area contributed by atoms with E-state index < -0.39 is 17.2 Å². The lowest BCUT2D eigenvalue weighted by atomic mass is 10.0. The maximum absolute atomic E-state index is 13.4. The summed E-state index contributed by atoms with van der Waals surface area (Å²) in [4.78, 5) is 16.5. The van der Waals surface area contributed by atoms with Crippen LogP contribution in [0.2, 0.25) is 5.02 Å². The van der Waals surface area contributed by atoms with Crippen molar-refractivity contribution in [2.45, 2.75) is 24.4 Å². The molecule has 158 valence electrons. The zero-order chi connectivity index (χ0) is 21.3. The molecule has 2 saturated carbocycles. The van der Waals surface area contributed by atoms with Crippen LogP contribution in [0.3, 0.4) is 0 Å². The SMILES string of the molecule is O=C(N1CCN(c2cc(Cl)ccc2C(F)(F)F)CC1)C12CC1(c1ccc(F)cc1)C2. The summed E-state index contributed by atoms with van der Waals surface area (Å²) in [6, 6.07) is 9.89. The molecule has 0 aromatic heterocycles. The Bertz CT molecular complexity index is 1010. The van der Waals surface area contributed by atoms with E-state index in [1.54, 1.807) is 21.9 Å². The molecule has 0 bridgehead atoms. The van der Waals surface area contributed by atoms with E-state index in [-0.39, 0.29) is 27.8 Å². The quantitative estimate of drug-likeness (QED) is 0.638. The Balaban J connectivity index is 1.28. The largest absolute Gasteiger partial charge is 0.418 e. The van der Waals surface area contributed by atoms with Crippen LogP contribution in [-0.2, 0) is 16.4 Å². The van der Waals surface area contributed by atoms with Crippen LogP contribution in [0.25, 0.3) is 0 Å². The summed E-state index contributed by atoms with van der Waals surface area (Å²) in [6.45, 7) is 1.36. The second kappa shape index (κ2) is 6.36. The molecule has 3 aliphatic rings. The Morgan fingerprint density at radius 3 is 2.20 bits per heavy atom. The number of carbonyl (C=O) groups excluding carboxylic acids is 1. The van der Waals surface area contributed by atoms with Crippen molar-refractivity contribution in [3.8, 4) is 0 Å². The highest BCUT2D eigenvalue weighted by molar-refractivity contribution is 6.30. The van der Waals surface area contributed by atoms with Gasteiger partial charge in [-0.05, 0) is 48.7 Å². The molecule has 1 amide bonds. The van der Waals surface area contributed by atoms with Crippen molar-refractivity contribution in [2.24, 2.45) is 5.41 Å². The lowest BCUT2D eigenvalue weighted by molar-refractivity contribution is -0.138. The number of halogens is 5. The zero-order valence-corrected chi connectivity index (χ0v) is 16.7. The number of benzene rings is 2. The zero-order valence-electron chi connectivity index (χ0n) is 16.0. The molecule has 3 fully saturated rings. The second-order valence-corrected chi connectivity index (χ2v) is 8.90. The van der Waals surface area contributed by atoms with Crippen molar-refractivity contribution in [3.63, 3.8) is 0 Å². The first-order valence-electron chi connectivity index (χ1n) is 9.83. The summed E-state index contributed by atoms with van der Waals surface area (Å²) in [6.07, 6.45) is -2.95. The fourth-order valence-corrected chi connectivity index (χ4v) is 5.12. The molecule has 8 heteroatoms. The average Bonchev–Trinajstić information content (AvgIpc) is 3.55. The number of rotatable bonds is 3. The van der Waals surface area contributed by atoms with E-state index in [0.717, 1.165) is 24.5 Å². The highest BCUT2D eigenvalue weighted by Gasteiger charge is 2.87. The first-order chi connectivity index (χ1) is 14.2. The van der Waals surface area contributed by atoms with Gasteiger partial charge < -0.3 is 9.80 Å². The molecule has 2 aromatic rings. The third-order valence-electron chi connectivity index (χ3n) is 6.85. The predicted octanol–water partition coefficient (Wildman–Crippen LogP) is 4.88. The number of alkyl halides is 3. The number of anilines is 1. The van der Waals surface area contributed by atoms with Gasteiger partial charge in [0.05, 0.1) is 16.7 Å². The van der Waals surface area contributed by atoms with Crippen molar-refractivity contribution < 1.29 is 22.4 Å². The van der Waals surface area contributed by atoms with Crippen LogP contribution in [0, 0.1) is 11.2 Å². The molecule has 0 N–H and O–H groups in total. The molecule has 0 atom stereocenters. The first-order valence-corrected chi connectivity index (χ1v) is 10.2. The monoisotopic (exact) mass is 438 g/mol. The van der Waals surface area contributed by atoms with Crippen LogP contribution in [0.1, 0.15) is 24.0 Å². The van der Waals surface area contributed by atoms with Gasteiger partial charge in [0.1, 0.15) is 5.82 Å². The van der Waals surface area contributed by atoms with Crippen LogP contribution < -0.4 is 4.90 Å². The maximum atomic E-state index is 13.4. The molecule has 0 unspecified atom stereocenters. The lowest BCUT2D eigenvalue weighted by Gasteiger charge is -2.37. The lowest BCUT2D eigenvalue weighted by Crippen LogP contribution is -2.50. The highest BCUT2D eigenvalue weighted by atomic mass is 35.5. The topological polar surface area (TPSA) is 23.6 Å². The molecule has 1 saturated heterocycles. The smallest absolute Gasteiger partial charge is 0.367 e. The van der Waals surface area contributed by atoms with E-state index >= 15 is 0 Å². The van der Waals surface area contributed by atoms with Gasteiger partial charge in [-0.2, -0.15) is 13.2 Å². The number of piperazine rings is 1. The number of hydrogen-bond donors (Lipinski definition) is 0. The molecular weight excluding hydrogens is 420 g/mol. The minimum absolute atomic E-state index is 0.0544. The normalized spacial score (nSPS) is 27.6. The average molecular weight is 439 g/mol. The minimum Gasteiger partial charge on any atom is -0.367 e. The minimum atomic E-state index is -4.47. The number of amides is 1. The van der Waals surface area contributed by atoms with Gasteiger partial charge in [0, 0.05) is 36.6 Å². The van der Waals surface area contributed by atoms with Crippen LogP contribution in [0.5, 0.6) is 0 Å². The molecule has 0 radical (unpaired) electrons. The molecule has 2 aliphatic carbocycles. The van der Waals surface area contributed by atoms with E-state index in [9.17, 15) is 22.4 Å². The Hall–Kier alpha value is -2.28. The van der Waals surface area contributed by atoms with E-state index in [4.69, 9.17) is 11.6 Å². The molecule has 2 aromatic carbocycles. The molecule has 1 heterocycles. The van der Waals surface area contributed by atoms with E-state index in [1.807, 2.05) is 0 Å². The Morgan fingerprint density at radius 1 is 0.967 bits per heavy atom. The van der Waals surface area contributed by atoms with Gasteiger partial charge in [-0.25, -0.2) is 4.39 Å². The number of hydrogen-bond acceptors (Lipinski definition) is 2. The van der Waals surface area contributed by atoms with Crippen LogP contribution in [0.15, 0.2) is 42.5 Å². The third-order valence-corrected chi connectivity index (χ3v) is 7.09. The van der Waals surface area contributed by atoms with Crippen molar-refractivity contribution in [3.05, 3.63) is 64.4 Å². The molecule has 1 aliphatic heterocycles. The number of carbonyl (C=O) groups is 1. The summed E-state index contributed by atoms with van der Waals surface area (Å²) in [7, 11) is 0. The van der Waals surface area contributed by atoms with Gasteiger partial charge in [-0.3, -0.25) is 4.79 Å². The van der Waals surface area contributed by atoms with Crippen LogP contribution in [-0.4, -0.2) is 37.0 Å². The molecule has 30 heavy (non-hydrogen) atoms. The fourth-order valence-electron chi connectivity index (χ4n) is 4.95. The molecule has 3 nitrogen and oxygen atoms in total. The summed E-state index contributed by atoms with van der Waals surface area (Å²) < 4.78 is 53.3. The standard InChI is InChI=1S/C22H19ClF4N2O/c23-15-3-6-17(22(25,26)27)18(11-15)28-7-9-29(10-8-28)19(30)21-12-20(21,13-21)14-1-4-16(24)5-2-14/h1-6,11H,7-10,12-13H2. The van der Waals surface area contributed by atoms with Gasteiger partial charge >= 0.3 is 6.18 Å². The molecular formula is C22H19ClF4N2O. The van der Waals surface area contributed by atoms with Gasteiger partial charge in [0.25, 0.3) is 0 Å². The van der Waals surface area contributed by atoms with Crippen LogP contribution in [0.4, 0.5) is 23.2 Å². The number of nitrogens with zero attached hydrogens (tertiary/aromatic N) is 2. The first kappa shape index (κ1) is 19.7. The Morgan fingerprint density at radius 2 is 1.60 bits per heavy atom. The number of fused-ring (bicyclic) bond motifs is 1. The Kier molecular flexibility index (Phi) is 4.17. The summed E-state index contributed by atoms with van der Waals surface area (Å²) in [5, 5.41) is 0.246. The Labute approximate surface area is 176 Å². The molecule has 5 rings (SSSR count). The van der Waals surface area contributed by atoms with Crippen molar-refractivity contribution in [1.82, 2.24) is 4.90 Å². The predicted molar refractivity (Wildman–Crippen MR) is 105 cm³/mol. The van der Waals surface area contributed by atoms with Gasteiger partial charge in [0.15, 0.2) is 0 Å². The third kappa shape index (κ3) is 2.89. The van der Waals surface area contributed by atoms with Gasteiger partial charge in [-0.15, -0.1) is 0 Å². The summed E-state index contributed by atoms with van der Waals surface area (Å²) in [5.74, 6) is -0.239. The van der Waals surface area contributed by atoms with E-state index in [2.05, 4.69) is 0 Å². The fraction of sp³-hybridized carbons (Fsp3) is 0.409.